The third kappa shape index (κ3) is 6.46. The van der Waals surface area contributed by atoms with Crippen molar-refractivity contribution in [1.29, 1.82) is 0 Å². The summed E-state index contributed by atoms with van der Waals surface area (Å²) in [5.74, 6) is 0.0944. The Morgan fingerprint density at radius 2 is 1.62 bits per heavy atom. The lowest BCUT2D eigenvalue weighted by Crippen LogP contribution is -2.30. The van der Waals surface area contributed by atoms with Gasteiger partial charge in [-0.1, -0.05) is 18.6 Å². The van der Waals surface area contributed by atoms with Gasteiger partial charge in [-0.15, -0.1) is 0 Å². The van der Waals surface area contributed by atoms with Gasteiger partial charge in [-0.05, 0) is 44.0 Å². The van der Waals surface area contributed by atoms with Gasteiger partial charge in [0.15, 0.2) is 0 Å². The van der Waals surface area contributed by atoms with Crippen LogP contribution in [0.1, 0.15) is 44.0 Å². The smallest absolute Gasteiger partial charge is 0.223 e. The minimum Gasteiger partial charge on any atom is -0.393 e. The molecule has 1 unspecified atom stereocenters. The van der Waals surface area contributed by atoms with E-state index in [9.17, 15) is 9.90 Å². The fraction of sp³-hybridized carbons (Fsp3) is 0.421. The summed E-state index contributed by atoms with van der Waals surface area (Å²) in [4.78, 5) is 23.0. The molecule has 0 bridgehead atoms. The molecule has 2 aromatic rings. The van der Waals surface area contributed by atoms with E-state index in [0.717, 1.165) is 30.7 Å². The van der Waals surface area contributed by atoms with Crippen LogP contribution in [0.25, 0.3) is 0 Å². The zero-order chi connectivity index (χ0) is 17.2. The molecule has 2 rings (SSSR count). The molecular formula is C19H25N3O2. The molecule has 128 valence electrons. The van der Waals surface area contributed by atoms with E-state index >= 15 is 0 Å². The van der Waals surface area contributed by atoms with Crippen LogP contribution in [0, 0.1) is 0 Å². The van der Waals surface area contributed by atoms with Crippen molar-refractivity contribution in [2.45, 2.75) is 51.8 Å². The van der Waals surface area contributed by atoms with Crippen LogP contribution < -0.4 is 0 Å². The van der Waals surface area contributed by atoms with Gasteiger partial charge in [-0.2, -0.15) is 0 Å². The molecule has 1 atom stereocenters. The highest BCUT2D eigenvalue weighted by Gasteiger charge is 2.15. The van der Waals surface area contributed by atoms with E-state index in [2.05, 4.69) is 9.97 Å². The lowest BCUT2D eigenvalue weighted by Gasteiger charge is -2.22. The van der Waals surface area contributed by atoms with Crippen molar-refractivity contribution < 1.29 is 9.90 Å². The highest BCUT2D eigenvalue weighted by molar-refractivity contribution is 5.76. The first-order valence-corrected chi connectivity index (χ1v) is 8.41. The van der Waals surface area contributed by atoms with Gasteiger partial charge in [0.05, 0.1) is 30.6 Å². The first-order chi connectivity index (χ1) is 11.6. The maximum atomic E-state index is 12.6. The monoisotopic (exact) mass is 327 g/mol. The Kier molecular flexibility index (Phi) is 7.36. The first-order valence-electron chi connectivity index (χ1n) is 8.41. The Hall–Kier alpha value is -2.27. The topological polar surface area (TPSA) is 66.3 Å². The molecule has 0 aliphatic rings. The summed E-state index contributed by atoms with van der Waals surface area (Å²) < 4.78 is 0. The van der Waals surface area contributed by atoms with Crippen molar-refractivity contribution in [2.24, 2.45) is 0 Å². The molecule has 0 saturated heterocycles. The summed E-state index contributed by atoms with van der Waals surface area (Å²) in [6.07, 6.45) is 6.01. The lowest BCUT2D eigenvalue weighted by molar-refractivity contribution is -0.132. The number of amides is 1. The Morgan fingerprint density at radius 1 is 1.04 bits per heavy atom. The average molecular weight is 327 g/mol. The number of unbranched alkanes of at least 4 members (excludes halogenated alkanes) is 1. The Balaban J connectivity index is 1.97. The van der Waals surface area contributed by atoms with Crippen LogP contribution in [0.3, 0.4) is 0 Å². The summed E-state index contributed by atoms with van der Waals surface area (Å²) in [5.41, 5.74) is 1.73. The van der Waals surface area contributed by atoms with E-state index in [1.54, 1.807) is 24.2 Å². The van der Waals surface area contributed by atoms with E-state index in [1.165, 1.54) is 0 Å². The number of nitrogens with zero attached hydrogens (tertiary/aromatic N) is 3. The van der Waals surface area contributed by atoms with E-state index in [-0.39, 0.29) is 12.0 Å². The van der Waals surface area contributed by atoms with E-state index in [0.29, 0.717) is 19.5 Å². The summed E-state index contributed by atoms with van der Waals surface area (Å²) >= 11 is 0. The minimum atomic E-state index is -0.307. The van der Waals surface area contributed by atoms with Gasteiger partial charge in [0.2, 0.25) is 5.91 Å². The number of aliphatic hydroxyl groups excluding tert-OH is 1. The molecule has 1 amide bonds. The second kappa shape index (κ2) is 9.78. The van der Waals surface area contributed by atoms with Crippen LogP contribution in [-0.2, 0) is 17.9 Å². The minimum absolute atomic E-state index is 0.0944. The summed E-state index contributed by atoms with van der Waals surface area (Å²) in [7, 11) is 0. The number of carbonyl (C=O) groups excluding carboxylic acids is 1. The van der Waals surface area contributed by atoms with Crippen LogP contribution in [0.5, 0.6) is 0 Å². The molecule has 24 heavy (non-hydrogen) atoms. The molecule has 0 radical (unpaired) electrons. The van der Waals surface area contributed by atoms with Gasteiger partial charge in [0.1, 0.15) is 0 Å². The lowest BCUT2D eigenvalue weighted by atomic mass is 10.1. The van der Waals surface area contributed by atoms with E-state index < -0.39 is 0 Å². The predicted octanol–water partition coefficient (Wildman–Crippen LogP) is 2.95. The normalized spacial score (nSPS) is 11.9. The first kappa shape index (κ1) is 18.1. The van der Waals surface area contributed by atoms with Crippen molar-refractivity contribution in [3.8, 4) is 0 Å². The molecule has 5 nitrogen and oxygen atoms in total. The average Bonchev–Trinajstić information content (AvgIpc) is 2.59. The summed E-state index contributed by atoms with van der Waals surface area (Å²) in [5, 5.41) is 9.30. The number of hydrogen-bond donors (Lipinski definition) is 1. The molecule has 0 aromatic carbocycles. The molecule has 0 saturated carbocycles. The number of hydrogen-bond acceptors (Lipinski definition) is 4. The number of carbonyl (C=O) groups is 1. The van der Waals surface area contributed by atoms with Crippen LogP contribution in [0.2, 0.25) is 0 Å². The quantitative estimate of drug-likeness (QED) is 0.719. The molecule has 0 spiro atoms. The maximum Gasteiger partial charge on any atom is 0.223 e. The van der Waals surface area contributed by atoms with Crippen LogP contribution >= 0.6 is 0 Å². The van der Waals surface area contributed by atoms with Crippen molar-refractivity contribution in [3.63, 3.8) is 0 Å². The molecule has 1 N–H and O–H groups in total. The zero-order valence-corrected chi connectivity index (χ0v) is 14.1. The largest absolute Gasteiger partial charge is 0.393 e. The Bertz CT molecular complexity index is 561. The van der Waals surface area contributed by atoms with Gasteiger partial charge in [-0.25, -0.2) is 0 Å². The SMILES string of the molecule is CC(O)CCCCC(=O)N(Cc1ccccn1)Cc1ccccn1. The third-order valence-electron chi connectivity index (χ3n) is 3.77. The maximum absolute atomic E-state index is 12.6. The number of aromatic nitrogens is 2. The van der Waals surface area contributed by atoms with Gasteiger partial charge < -0.3 is 10.0 Å². The third-order valence-corrected chi connectivity index (χ3v) is 3.77. The van der Waals surface area contributed by atoms with Crippen molar-refractivity contribution in [1.82, 2.24) is 14.9 Å². The molecule has 2 aromatic heterocycles. The fourth-order valence-corrected chi connectivity index (χ4v) is 2.48. The van der Waals surface area contributed by atoms with Gasteiger partial charge in [-0.3, -0.25) is 14.8 Å². The predicted molar refractivity (Wildman–Crippen MR) is 92.9 cm³/mol. The van der Waals surface area contributed by atoms with Crippen LogP contribution in [-0.4, -0.2) is 32.0 Å². The van der Waals surface area contributed by atoms with Crippen molar-refractivity contribution >= 4 is 5.91 Å². The fourth-order valence-electron chi connectivity index (χ4n) is 2.48. The van der Waals surface area contributed by atoms with Gasteiger partial charge >= 0.3 is 0 Å². The summed E-state index contributed by atoms with van der Waals surface area (Å²) in [6.45, 7) is 2.73. The van der Waals surface area contributed by atoms with Gasteiger partial charge in [0, 0.05) is 18.8 Å². The van der Waals surface area contributed by atoms with Crippen LogP contribution in [0.4, 0.5) is 0 Å². The van der Waals surface area contributed by atoms with Crippen molar-refractivity contribution in [3.05, 3.63) is 60.2 Å². The molecular weight excluding hydrogens is 302 g/mol. The Labute approximate surface area is 143 Å². The molecule has 5 heteroatoms. The van der Waals surface area contributed by atoms with Gasteiger partial charge in [0.25, 0.3) is 0 Å². The molecule has 0 aliphatic heterocycles. The zero-order valence-electron chi connectivity index (χ0n) is 14.1. The number of aliphatic hydroxyl groups is 1. The molecule has 0 fully saturated rings. The highest BCUT2D eigenvalue weighted by Crippen LogP contribution is 2.11. The van der Waals surface area contributed by atoms with Crippen molar-refractivity contribution in [2.75, 3.05) is 0 Å². The number of pyridine rings is 2. The molecule has 0 aliphatic carbocycles. The van der Waals surface area contributed by atoms with Crippen LogP contribution in [0.15, 0.2) is 48.8 Å². The second-order valence-corrected chi connectivity index (χ2v) is 5.99. The highest BCUT2D eigenvalue weighted by atomic mass is 16.3. The van der Waals surface area contributed by atoms with E-state index in [4.69, 9.17) is 0 Å². The second-order valence-electron chi connectivity index (χ2n) is 5.99. The summed E-state index contributed by atoms with van der Waals surface area (Å²) in [6, 6.07) is 11.4. The standard InChI is InChI=1S/C19H25N3O2/c1-16(23)8-2-3-11-19(24)22(14-17-9-4-6-12-20-17)15-18-10-5-7-13-21-18/h4-7,9-10,12-13,16,23H,2-3,8,11,14-15H2,1H3. The number of rotatable bonds is 9. The Morgan fingerprint density at radius 3 is 2.08 bits per heavy atom. The molecule has 2 heterocycles. The van der Waals surface area contributed by atoms with E-state index in [1.807, 2.05) is 36.4 Å².